The van der Waals surface area contributed by atoms with Crippen molar-refractivity contribution >= 4 is 22.8 Å². The molecule has 0 N–H and O–H groups in total. The highest BCUT2D eigenvalue weighted by molar-refractivity contribution is 9.36. The van der Waals surface area contributed by atoms with Crippen molar-refractivity contribution in [3.05, 3.63) is 108 Å². The van der Waals surface area contributed by atoms with Crippen LogP contribution in [0.2, 0.25) is 0 Å². The third kappa shape index (κ3) is 14.2. The topological polar surface area (TPSA) is 0 Å². The maximum Gasteiger partial charge on any atom is -0.0176 e. The second-order valence-electron chi connectivity index (χ2n) is 11.7. The lowest BCUT2D eigenvalue weighted by atomic mass is 9.69. The summed E-state index contributed by atoms with van der Waals surface area (Å²) in [5.41, 5.74) is 4.68. The van der Waals surface area contributed by atoms with Gasteiger partial charge in [0.05, 0.1) is 0 Å². The Hall–Kier alpha value is -1.43. The lowest BCUT2D eigenvalue weighted by Crippen LogP contribution is -2.30. The fourth-order valence-corrected chi connectivity index (χ4v) is 7.40. The van der Waals surface area contributed by atoms with Gasteiger partial charge in [-0.2, -0.15) is 0 Å². The average Bonchev–Trinajstić information content (AvgIpc) is 2.97. The van der Waals surface area contributed by atoms with Gasteiger partial charge in [-0.05, 0) is 60.4 Å². The molecule has 212 valence electrons. The van der Waals surface area contributed by atoms with Crippen LogP contribution in [-0.4, -0.2) is 6.16 Å². The van der Waals surface area contributed by atoms with Crippen molar-refractivity contribution < 1.29 is 0 Å². The molecule has 0 fully saturated rings. The van der Waals surface area contributed by atoms with Gasteiger partial charge in [0, 0.05) is 0 Å². The van der Waals surface area contributed by atoms with Crippen molar-refractivity contribution in [3.63, 3.8) is 0 Å². The molecular formula is C37H52BrP. The highest BCUT2D eigenvalue weighted by atomic mass is 79.9. The molecule has 0 aromatic heterocycles. The Kier molecular flexibility index (Phi) is 16.8. The van der Waals surface area contributed by atoms with E-state index in [1.54, 1.807) is 0 Å². The smallest absolute Gasteiger partial charge is 0.0176 e. The Balaban J connectivity index is 1.45. The van der Waals surface area contributed by atoms with Crippen LogP contribution in [-0.2, 0) is 19.3 Å². The number of hydrogen-bond acceptors (Lipinski definition) is 0. The van der Waals surface area contributed by atoms with Crippen LogP contribution < -0.4 is 0 Å². The van der Waals surface area contributed by atoms with Crippen LogP contribution in [0.25, 0.3) is 0 Å². The van der Waals surface area contributed by atoms with E-state index in [-0.39, 0.29) is 5.41 Å². The molecule has 0 amide bonds. The van der Waals surface area contributed by atoms with Gasteiger partial charge in [0.15, 0.2) is 0 Å². The predicted molar refractivity (Wildman–Crippen MR) is 180 cm³/mol. The van der Waals surface area contributed by atoms with Gasteiger partial charge in [0.1, 0.15) is 0 Å². The van der Waals surface area contributed by atoms with Crippen LogP contribution in [0.4, 0.5) is 0 Å². The summed E-state index contributed by atoms with van der Waals surface area (Å²) in [4.78, 5) is 0. The van der Waals surface area contributed by atoms with E-state index in [1.165, 1.54) is 113 Å². The quantitative estimate of drug-likeness (QED) is 0.0787. The molecule has 0 saturated carbocycles. The molecule has 0 saturated heterocycles. The van der Waals surface area contributed by atoms with E-state index in [2.05, 4.69) is 106 Å². The van der Waals surface area contributed by atoms with Gasteiger partial charge >= 0.3 is 0 Å². The lowest BCUT2D eigenvalue weighted by Gasteiger charge is -2.35. The zero-order valence-corrected chi connectivity index (χ0v) is 26.9. The summed E-state index contributed by atoms with van der Waals surface area (Å²) in [5, 5.41) is 0. The van der Waals surface area contributed by atoms with Crippen molar-refractivity contribution in [3.8, 4) is 0 Å². The Bertz CT molecular complexity index is 855. The summed E-state index contributed by atoms with van der Waals surface area (Å²) in [6.45, 7) is 0. The van der Waals surface area contributed by atoms with Gasteiger partial charge in [-0.1, -0.05) is 191 Å². The predicted octanol–water partition coefficient (Wildman–Crippen LogP) is 12.2. The van der Waals surface area contributed by atoms with Crippen molar-refractivity contribution in [2.45, 2.75) is 109 Å². The van der Waals surface area contributed by atoms with Crippen molar-refractivity contribution in [1.82, 2.24) is 0 Å². The number of unbranched alkanes of at least 4 members (excludes halogenated alkanes) is 12. The highest BCUT2D eigenvalue weighted by Crippen LogP contribution is 2.37. The first kappa shape index (κ1) is 32.1. The van der Waals surface area contributed by atoms with Crippen LogP contribution in [0.15, 0.2) is 91.0 Å². The molecule has 3 aromatic carbocycles. The molecule has 1 unspecified atom stereocenters. The molecule has 39 heavy (non-hydrogen) atoms. The third-order valence-corrected chi connectivity index (χ3v) is 9.98. The molecule has 0 radical (unpaired) electrons. The first-order valence-electron chi connectivity index (χ1n) is 15.7. The molecular weight excluding hydrogens is 555 g/mol. The minimum atomic E-state index is 0.249. The first-order chi connectivity index (χ1) is 19.3. The van der Waals surface area contributed by atoms with Crippen molar-refractivity contribution in [1.29, 1.82) is 0 Å². The maximum absolute atomic E-state index is 3.56. The second kappa shape index (κ2) is 20.4. The van der Waals surface area contributed by atoms with Gasteiger partial charge in [0.2, 0.25) is 0 Å². The Morgan fingerprint density at radius 3 is 1.05 bits per heavy atom. The number of benzene rings is 3. The summed E-state index contributed by atoms with van der Waals surface area (Å²) in [6.07, 6.45) is 24.5. The van der Waals surface area contributed by atoms with Gasteiger partial charge in [0.25, 0.3) is 0 Å². The van der Waals surface area contributed by atoms with E-state index in [1.807, 2.05) is 0 Å². The van der Waals surface area contributed by atoms with E-state index < -0.39 is 0 Å². The van der Waals surface area contributed by atoms with E-state index in [0.29, 0.717) is 0 Å². The van der Waals surface area contributed by atoms with E-state index in [9.17, 15) is 0 Å². The molecule has 0 aliphatic carbocycles. The van der Waals surface area contributed by atoms with Gasteiger partial charge < -0.3 is 0 Å². The van der Waals surface area contributed by atoms with Gasteiger partial charge in [-0.25, -0.2) is 0 Å². The molecule has 0 aliphatic heterocycles. The standard InChI is InChI=1S/C37H52BrP/c38-39-30-22-11-9-7-5-3-1-2-4-6-8-10-21-29-37(31-34-23-15-12-16-24-34,32-35-25-17-13-18-26-35)33-36-27-19-14-20-28-36/h12-20,23-28,39H,1-11,21-22,29-33H2. The molecule has 0 spiro atoms. The molecule has 2 heteroatoms. The van der Waals surface area contributed by atoms with Crippen molar-refractivity contribution in [2.24, 2.45) is 5.41 Å². The molecule has 0 nitrogen and oxygen atoms in total. The second-order valence-corrected chi connectivity index (χ2v) is 14.2. The summed E-state index contributed by atoms with van der Waals surface area (Å²) in [6, 6.07) is 33.6. The summed E-state index contributed by atoms with van der Waals surface area (Å²) < 4.78 is 0. The van der Waals surface area contributed by atoms with Gasteiger partial charge in [-0.3, -0.25) is 0 Å². The summed E-state index contributed by atoms with van der Waals surface area (Å²) >= 11 is 3.56. The fraction of sp³-hybridized carbons (Fsp3) is 0.514. The number of halogens is 1. The minimum absolute atomic E-state index is 0.249. The van der Waals surface area contributed by atoms with E-state index in [4.69, 9.17) is 0 Å². The van der Waals surface area contributed by atoms with Crippen LogP contribution in [0.5, 0.6) is 0 Å². The van der Waals surface area contributed by atoms with Gasteiger partial charge in [-0.15, -0.1) is 0 Å². The van der Waals surface area contributed by atoms with Crippen LogP contribution in [0.1, 0.15) is 107 Å². The molecule has 0 aliphatic rings. The molecule has 0 heterocycles. The third-order valence-electron chi connectivity index (χ3n) is 8.24. The molecule has 0 bridgehead atoms. The first-order valence-corrected chi connectivity index (χ1v) is 19.2. The molecule has 3 aromatic rings. The normalized spacial score (nSPS) is 11.9. The Morgan fingerprint density at radius 1 is 0.410 bits per heavy atom. The molecule has 3 rings (SSSR count). The summed E-state index contributed by atoms with van der Waals surface area (Å²) in [5.74, 6) is 0. The largest absolute Gasteiger partial charge is 0.0642 e. The highest BCUT2D eigenvalue weighted by Gasteiger charge is 2.30. The van der Waals surface area contributed by atoms with E-state index >= 15 is 0 Å². The lowest BCUT2D eigenvalue weighted by molar-refractivity contribution is 0.243. The van der Waals surface area contributed by atoms with Crippen LogP contribution in [0.3, 0.4) is 0 Å². The Morgan fingerprint density at radius 2 is 0.718 bits per heavy atom. The van der Waals surface area contributed by atoms with Crippen LogP contribution in [0, 0.1) is 5.41 Å². The average molecular weight is 608 g/mol. The summed E-state index contributed by atoms with van der Waals surface area (Å²) in [7, 11) is 0.960. The zero-order valence-electron chi connectivity index (χ0n) is 24.3. The fourth-order valence-electron chi connectivity index (χ4n) is 6.18. The SMILES string of the molecule is BrPCCCCCCCCCCCCCCCC(Cc1ccccc1)(Cc1ccccc1)Cc1ccccc1. The van der Waals surface area contributed by atoms with Crippen LogP contribution >= 0.6 is 22.8 Å². The van der Waals surface area contributed by atoms with Crippen molar-refractivity contribution in [2.75, 3.05) is 6.16 Å². The number of hydrogen-bond donors (Lipinski definition) is 0. The zero-order chi connectivity index (χ0) is 27.3. The van der Waals surface area contributed by atoms with E-state index in [0.717, 1.165) is 26.5 Å². The Labute approximate surface area is 250 Å². The monoisotopic (exact) mass is 606 g/mol. The maximum atomic E-state index is 3.56. The number of rotatable bonds is 22. The molecule has 1 atom stereocenters. The minimum Gasteiger partial charge on any atom is -0.0642 e.